The minimum absolute atomic E-state index is 0.0912. The Morgan fingerprint density at radius 1 is 0.966 bits per heavy atom. The maximum atomic E-state index is 12.6. The highest BCUT2D eigenvalue weighted by molar-refractivity contribution is 8.00. The van der Waals surface area contributed by atoms with E-state index in [1.54, 1.807) is 37.3 Å². The second-order valence-corrected chi connectivity index (χ2v) is 9.33. The maximum Gasteiger partial charge on any atom is 0.261 e. The SMILES string of the molecule is Cc1c(Cl)cccc1NS(=O)(=O)c1ccc(NC(=O)CSc2ccccc2)cc1. The fourth-order valence-electron chi connectivity index (χ4n) is 2.50. The van der Waals surface area contributed by atoms with Crippen molar-refractivity contribution in [2.75, 3.05) is 15.8 Å². The zero-order valence-corrected chi connectivity index (χ0v) is 17.9. The maximum absolute atomic E-state index is 12.6. The van der Waals surface area contributed by atoms with Crippen LogP contribution in [0.25, 0.3) is 0 Å². The summed E-state index contributed by atoms with van der Waals surface area (Å²) in [5.41, 5.74) is 1.60. The van der Waals surface area contributed by atoms with Crippen LogP contribution in [0.1, 0.15) is 5.56 Å². The number of carbonyl (C=O) groups excluding carboxylic acids is 1. The number of hydrogen-bond donors (Lipinski definition) is 2. The quantitative estimate of drug-likeness (QED) is 0.490. The van der Waals surface area contributed by atoms with Crippen molar-refractivity contribution in [1.82, 2.24) is 0 Å². The standard InChI is InChI=1S/C21H19ClN2O3S2/c1-15-19(22)8-5-9-20(15)24-29(26,27)18-12-10-16(11-13-18)23-21(25)14-28-17-6-3-2-4-7-17/h2-13,24H,14H2,1H3,(H,23,25). The lowest BCUT2D eigenvalue weighted by Gasteiger charge is -2.12. The third kappa shape index (κ3) is 5.76. The second-order valence-electron chi connectivity index (χ2n) is 6.19. The van der Waals surface area contributed by atoms with Gasteiger partial charge in [-0.2, -0.15) is 0 Å². The van der Waals surface area contributed by atoms with Crippen LogP contribution in [0.5, 0.6) is 0 Å². The number of nitrogens with one attached hydrogen (secondary N) is 2. The minimum atomic E-state index is -3.77. The van der Waals surface area contributed by atoms with Crippen LogP contribution in [0, 0.1) is 6.92 Å². The molecule has 0 saturated heterocycles. The van der Waals surface area contributed by atoms with Crippen LogP contribution in [0.2, 0.25) is 5.02 Å². The van der Waals surface area contributed by atoms with E-state index in [-0.39, 0.29) is 16.6 Å². The molecule has 0 aliphatic rings. The molecule has 3 aromatic carbocycles. The molecule has 8 heteroatoms. The highest BCUT2D eigenvalue weighted by Crippen LogP contribution is 2.26. The van der Waals surface area contributed by atoms with Gasteiger partial charge in [0.05, 0.1) is 16.3 Å². The zero-order chi connectivity index (χ0) is 20.9. The van der Waals surface area contributed by atoms with Crippen molar-refractivity contribution < 1.29 is 13.2 Å². The van der Waals surface area contributed by atoms with Crippen molar-refractivity contribution in [2.45, 2.75) is 16.7 Å². The molecule has 0 saturated carbocycles. The molecule has 0 heterocycles. The lowest BCUT2D eigenvalue weighted by molar-refractivity contribution is -0.113. The van der Waals surface area contributed by atoms with E-state index in [1.807, 2.05) is 30.3 Å². The number of halogens is 1. The molecular formula is C21H19ClN2O3S2. The minimum Gasteiger partial charge on any atom is -0.325 e. The first kappa shape index (κ1) is 21.2. The molecule has 3 aromatic rings. The van der Waals surface area contributed by atoms with Gasteiger partial charge in [0.25, 0.3) is 10.0 Å². The van der Waals surface area contributed by atoms with Crippen molar-refractivity contribution in [1.29, 1.82) is 0 Å². The molecule has 0 aliphatic carbocycles. The monoisotopic (exact) mass is 446 g/mol. The summed E-state index contributed by atoms with van der Waals surface area (Å²) in [7, 11) is -3.77. The highest BCUT2D eigenvalue weighted by atomic mass is 35.5. The molecule has 0 radical (unpaired) electrons. The molecule has 0 spiro atoms. The van der Waals surface area contributed by atoms with E-state index in [4.69, 9.17) is 11.6 Å². The number of anilines is 2. The average Bonchev–Trinajstić information content (AvgIpc) is 2.71. The van der Waals surface area contributed by atoms with E-state index in [2.05, 4.69) is 10.0 Å². The van der Waals surface area contributed by atoms with Gasteiger partial charge in [-0.05, 0) is 61.0 Å². The molecule has 1 amide bonds. The Morgan fingerprint density at radius 2 is 1.66 bits per heavy atom. The largest absolute Gasteiger partial charge is 0.325 e. The Kier molecular flexibility index (Phi) is 6.84. The smallest absolute Gasteiger partial charge is 0.261 e. The summed E-state index contributed by atoms with van der Waals surface area (Å²) >= 11 is 7.48. The number of amides is 1. The van der Waals surface area contributed by atoms with Gasteiger partial charge in [0.2, 0.25) is 5.91 Å². The Hall–Kier alpha value is -2.48. The van der Waals surface area contributed by atoms with E-state index in [9.17, 15) is 13.2 Å². The molecule has 0 bridgehead atoms. The summed E-state index contributed by atoms with van der Waals surface area (Å²) < 4.78 is 27.8. The molecule has 2 N–H and O–H groups in total. The molecule has 0 unspecified atom stereocenters. The van der Waals surface area contributed by atoms with Crippen LogP contribution in [0.4, 0.5) is 11.4 Å². The fraction of sp³-hybridized carbons (Fsp3) is 0.0952. The van der Waals surface area contributed by atoms with Crippen molar-refractivity contribution in [3.8, 4) is 0 Å². The van der Waals surface area contributed by atoms with Crippen LogP contribution in [-0.2, 0) is 14.8 Å². The van der Waals surface area contributed by atoms with E-state index in [0.717, 1.165) is 4.90 Å². The van der Waals surface area contributed by atoms with Crippen LogP contribution in [0.15, 0.2) is 82.6 Å². The lowest BCUT2D eigenvalue weighted by atomic mass is 10.2. The lowest BCUT2D eigenvalue weighted by Crippen LogP contribution is -2.15. The van der Waals surface area contributed by atoms with Gasteiger partial charge in [-0.15, -0.1) is 11.8 Å². The third-order valence-corrected chi connectivity index (χ3v) is 6.88. The van der Waals surface area contributed by atoms with Gasteiger partial charge in [-0.1, -0.05) is 35.9 Å². The first-order valence-corrected chi connectivity index (χ1v) is 11.6. The number of thioether (sulfide) groups is 1. The molecule has 0 aromatic heterocycles. The predicted molar refractivity (Wildman–Crippen MR) is 119 cm³/mol. The van der Waals surface area contributed by atoms with E-state index in [1.165, 1.54) is 23.9 Å². The van der Waals surface area contributed by atoms with Gasteiger partial charge in [-0.25, -0.2) is 8.42 Å². The van der Waals surface area contributed by atoms with Crippen LogP contribution in [0.3, 0.4) is 0 Å². The van der Waals surface area contributed by atoms with Crippen molar-refractivity contribution in [3.05, 3.63) is 83.4 Å². The van der Waals surface area contributed by atoms with Gasteiger partial charge >= 0.3 is 0 Å². The van der Waals surface area contributed by atoms with Crippen molar-refractivity contribution >= 4 is 50.7 Å². The first-order valence-electron chi connectivity index (χ1n) is 8.71. The first-order chi connectivity index (χ1) is 13.8. The molecule has 150 valence electrons. The fourth-order valence-corrected chi connectivity index (χ4v) is 4.52. The normalized spacial score (nSPS) is 11.1. The van der Waals surface area contributed by atoms with Gasteiger partial charge in [0.1, 0.15) is 0 Å². The van der Waals surface area contributed by atoms with E-state index >= 15 is 0 Å². The molecule has 3 rings (SSSR count). The number of benzene rings is 3. The zero-order valence-electron chi connectivity index (χ0n) is 15.6. The summed E-state index contributed by atoms with van der Waals surface area (Å²) in [4.78, 5) is 13.2. The average molecular weight is 447 g/mol. The summed E-state index contributed by atoms with van der Waals surface area (Å²) in [6, 6.07) is 20.7. The number of rotatable bonds is 7. The summed E-state index contributed by atoms with van der Waals surface area (Å²) in [6.45, 7) is 1.74. The van der Waals surface area contributed by atoms with E-state index < -0.39 is 10.0 Å². The second kappa shape index (κ2) is 9.35. The molecular weight excluding hydrogens is 428 g/mol. The van der Waals surface area contributed by atoms with E-state index in [0.29, 0.717) is 22.0 Å². The summed E-state index contributed by atoms with van der Waals surface area (Å²) in [6.07, 6.45) is 0. The van der Waals surface area contributed by atoms with Crippen LogP contribution >= 0.6 is 23.4 Å². The number of carbonyl (C=O) groups is 1. The van der Waals surface area contributed by atoms with Gasteiger partial charge < -0.3 is 5.32 Å². The third-order valence-electron chi connectivity index (χ3n) is 4.07. The highest BCUT2D eigenvalue weighted by Gasteiger charge is 2.16. The molecule has 29 heavy (non-hydrogen) atoms. The van der Waals surface area contributed by atoms with Crippen LogP contribution in [-0.4, -0.2) is 20.1 Å². The topological polar surface area (TPSA) is 75.3 Å². The Bertz CT molecular complexity index is 1100. The van der Waals surface area contributed by atoms with Gasteiger partial charge in [-0.3, -0.25) is 9.52 Å². The summed E-state index contributed by atoms with van der Waals surface area (Å²) in [5.74, 6) is 0.0989. The Balaban J connectivity index is 1.63. The molecule has 0 fully saturated rings. The number of sulfonamides is 1. The van der Waals surface area contributed by atoms with Crippen LogP contribution < -0.4 is 10.0 Å². The van der Waals surface area contributed by atoms with Gasteiger partial charge in [0.15, 0.2) is 0 Å². The molecule has 5 nitrogen and oxygen atoms in total. The Labute approximate surface area is 179 Å². The molecule has 0 atom stereocenters. The Morgan fingerprint density at radius 3 is 2.34 bits per heavy atom. The van der Waals surface area contributed by atoms with Gasteiger partial charge in [0, 0.05) is 15.6 Å². The predicted octanol–water partition coefficient (Wildman–Crippen LogP) is 5.18. The number of hydrogen-bond acceptors (Lipinski definition) is 4. The van der Waals surface area contributed by atoms with Crippen molar-refractivity contribution in [3.63, 3.8) is 0 Å². The molecule has 0 aliphatic heterocycles. The summed E-state index contributed by atoms with van der Waals surface area (Å²) in [5, 5.41) is 3.25. The van der Waals surface area contributed by atoms with Crippen molar-refractivity contribution in [2.24, 2.45) is 0 Å².